The molecule has 72 valence electrons. The minimum atomic E-state index is 0.545. The lowest BCUT2D eigenvalue weighted by molar-refractivity contribution is 0.182. The van der Waals surface area contributed by atoms with Crippen LogP contribution in [0.1, 0.15) is 46.5 Å². The number of hydrogen-bond acceptors (Lipinski definition) is 1. The molecule has 0 spiro atoms. The molecule has 0 aromatic rings. The van der Waals surface area contributed by atoms with Crippen LogP contribution in [0.25, 0.3) is 0 Å². The molecule has 0 saturated heterocycles. The fourth-order valence-electron chi connectivity index (χ4n) is 2.16. The van der Waals surface area contributed by atoms with Gasteiger partial charge in [0.2, 0.25) is 0 Å². The Morgan fingerprint density at radius 2 is 1.50 bits per heavy atom. The Morgan fingerprint density at radius 3 is 1.83 bits per heavy atom. The first-order valence-corrected chi connectivity index (χ1v) is 6.35. The molecule has 1 aliphatic rings. The maximum absolute atomic E-state index is 2.39. The van der Waals surface area contributed by atoms with Crippen molar-refractivity contribution in [3.8, 4) is 0 Å². The number of hydrogen-bond donors (Lipinski definition) is 0. The summed E-state index contributed by atoms with van der Waals surface area (Å²) in [6.07, 6.45) is 8.05. The zero-order chi connectivity index (χ0) is 9.19. The first-order chi connectivity index (χ1) is 5.54. The topological polar surface area (TPSA) is 0 Å². The van der Waals surface area contributed by atoms with E-state index in [1.807, 2.05) is 0 Å². The van der Waals surface area contributed by atoms with Gasteiger partial charge in [-0.25, -0.2) is 0 Å². The highest BCUT2D eigenvalue weighted by Crippen LogP contribution is 2.40. The fourth-order valence-corrected chi connectivity index (χ4v) is 2.91. The van der Waals surface area contributed by atoms with Gasteiger partial charge >= 0.3 is 0 Å². The zero-order valence-electron chi connectivity index (χ0n) is 8.89. The molecule has 0 aliphatic heterocycles. The molecule has 1 heteroatoms. The van der Waals surface area contributed by atoms with Crippen molar-refractivity contribution in [2.75, 3.05) is 6.26 Å². The van der Waals surface area contributed by atoms with E-state index in [0.29, 0.717) is 5.41 Å². The molecule has 1 aliphatic carbocycles. The Balaban J connectivity index is 2.36. The third-order valence-electron chi connectivity index (χ3n) is 3.23. The van der Waals surface area contributed by atoms with Crippen LogP contribution in [0.4, 0.5) is 0 Å². The van der Waals surface area contributed by atoms with E-state index >= 15 is 0 Å². The molecule has 1 rings (SSSR count). The van der Waals surface area contributed by atoms with Gasteiger partial charge in [0.1, 0.15) is 0 Å². The number of rotatable bonds is 1. The van der Waals surface area contributed by atoms with Crippen molar-refractivity contribution >= 4 is 11.8 Å². The second-order valence-corrected chi connectivity index (χ2v) is 6.21. The standard InChI is InChI=1S/C11H22S/c1-11(2,3)9-5-7-10(12-4)8-6-9/h9-10H,5-8H2,1-4H3. The molecule has 0 aromatic heterocycles. The van der Waals surface area contributed by atoms with Gasteiger partial charge in [-0.15, -0.1) is 0 Å². The molecule has 1 fully saturated rings. The summed E-state index contributed by atoms with van der Waals surface area (Å²) < 4.78 is 0. The molecule has 0 unspecified atom stereocenters. The van der Waals surface area contributed by atoms with Crippen molar-refractivity contribution in [1.29, 1.82) is 0 Å². The minimum absolute atomic E-state index is 0.545. The summed E-state index contributed by atoms with van der Waals surface area (Å²) in [5.74, 6) is 0.973. The van der Waals surface area contributed by atoms with E-state index in [9.17, 15) is 0 Å². The van der Waals surface area contributed by atoms with Crippen molar-refractivity contribution < 1.29 is 0 Å². The normalized spacial score (nSPS) is 32.0. The molecule has 0 radical (unpaired) electrons. The lowest BCUT2D eigenvalue weighted by atomic mass is 9.72. The van der Waals surface area contributed by atoms with E-state index in [-0.39, 0.29) is 0 Å². The van der Waals surface area contributed by atoms with Gasteiger partial charge in [-0.3, -0.25) is 0 Å². The SMILES string of the molecule is CSC1CCC(C(C)(C)C)CC1. The molecule has 0 aromatic carbocycles. The summed E-state index contributed by atoms with van der Waals surface area (Å²) in [4.78, 5) is 0. The van der Waals surface area contributed by atoms with Crippen LogP contribution in [0.2, 0.25) is 0 Å². The van der Waals surface area contributed by atoms with Crippen molar-refractivity contribution in [3.05, 3.63) is 0 Å². The largest absolute Gasteiger partial charge is 0.162 e. The van der Waals surface area contributed by atoms with Crippen molar-refractivity contribution in [2.24, 2.45) is 11.3 Å². The average Bonchev–Trinajstić information content (AvgIpc) is 2.03. The van der Waals surface area contributed by atoms with Crippen LogP contribution >= 0.6 is 11.8 Å². The molecule has 1 saturated carbocycles. The van der Waals surface area contributed by atoms with Gasteiger partial charge in [0.05, 0.1) is 0 Å². The van der Waals surface area contributed by atoms with E-state index in [4.69, 9.17) is 0 Å². The van der Waals surface area contributed by atoms with Crippen molar-refractivity contribution in [2.45, 2.75) is 51.7 Å². The third-order valence-corrected chi connectivity index (χ3v) is 4.37. The molecule has 0 heterocycles. The minimum Gasteiger partial charge on any atom is -0.162 e. The molecule has 0 atom stereocenters. The molecule has 12 heavy (non-hydrogen) atoms. The summed E-state index contributed by atoms with van der Waals surface area (Å²) in [6, 6.07) is 0. The molecular formula is C11H22S. The third kappa shape index (κ3) is 2.69. The molecule has 0 amide bonds. The second-order valence-electron chi connectivity index (χ2n) is 5.08. The fraction of sp³-hybridized carbons (Fsp3) is 1.00. The van der Waals surface area contributed by atoms with Crippen LogP contribution in [0.15, 0.2) is 0 Å². The van der Waals surface area contributed by atoms with Gasteiger partial charge in [-0.05, 0) is 43.3 Å². The van der Waals surface area contributed by atoms with Crippen LogP contribution in [0.3, 0.4) is 0 Å². The van der Waals surface area contributed by atoms with Gasteiger partial charge < -0.3 is 0 Å². The highest BCUT2D eigenvalue weighted by atomic mass is 32.2. The van der Waals surface area contributed by atoms with E-state index < -0.39 is 0 Å². The van der Waals surface area contributed by atoms with Gasteiger partial charge in [0.15, 0.2) is 0 Å². The average molecular weight is 186 g/mol. The molecule has 0 bridgehead atoms. The monoisotopic (exact) mass is 186 g/mol. The Labute approximate surface area is 81.5 Å². The molecule has 0 N–H and O–H groups in total. The van der Waals surface area contributed by atoms with Crippen molar-refractivity contribution in [1.82, 2.24) is 0 Å². The maximum Gasteiger partial charge on any atom is 0.00444 e. The summed E-state index contributed by atoms with van der Waals surface area (Å²) in [5, 5.41) is 0.962. The number of thioether (sulfide) groups is 1. The Kier molecular flexibility index (Phi) is 3.51. The van der Waals surface area contributed by atoms with E-state index in [2.05, 4.69) is 38.8 Å². The highest BCUT2D eigenvalue weighted by molar-refractivity contribution is 7.99. The lowest BCUT2D eigenvalue weighted by Crippen LogP contribution is -2.26. The van der Waals surface area contributed by atoms with Gasteiger partial charge in [-0.1, -0.05) is 20.8 Å². The second kappa shape index (κ2) is 4.04. The summed E-state index contributed by atoms with van der Waals surface area (Å²) in [7, 11) is 0. The smallest absolute Gasteiger partial charge is 0.00444 e. The van der Waals surface area contributed by atoms with Gasteiger partial charge in [0, 0.05) is 5.25 Å². The predicted molar refractivity (Wildman–Crippen MR) is 58.7 cm³/mol. The zero-order valence-corrected chi connectivity index (χ0v) is 9.71. The van der Waals surface area contributed by atoms with Crippen LogP contribution in [0.5, 0.6) is 0 Å². The van der Waals surface area contributed by atoms with Crippen molar-refractivity contribution in [3.63, 3.8) is 0 Å². The Bertz CT molecular complexity index is 126. The molecule has 0 nitrogen and oxygen atoms in total. The van der Waals surface area contributed by atoms with Crippen LogP contribution in [-0.4, -0.2) is 11.5 Å². The van der Waals surface area contributed by atoms with E-state index in [1.54, 1.807) is 0 Å². The predicted octanol–water partition coefficient (Wildman–Crippen LogP) is 3.95. The lowest BCUT2D eigenvalue weighted by Gasteiger charge is -2.36. The van der Waals surface area contributed by atoms with E-state index in [0.717, 1.165) is 11.2 Å². The van der Waals surface area contributed by atoms with Gasteiger partial charge in [-0.2, -0.15) is 11.8 Å². The quantitative estimate of drug-likeness (QED) is 0.597. The van der Waals surface area contributed by atoms with Crippen LogP contribution in [0, 0.1) is 11.3 Å². The van der Waals surface area contributed by atoms with Crippen LogP contribution in [-0.2, 0) is 0 Å². The van der Waals surface area contributed by atoms with Gasteiger partial charge in [0.25, 0.3) is 0 Å². The molecular weight excluding hydrogens is 164 g/mol. The van der Waals surface area contributed by atoms with E-state index in [1.165, 1.54) is 25.7 Å². The maximum atomic E-state index is 2.39. The summed E-state index contributed by atoms with van der Waals surface area (Å²) >= 11 is 2.06. The Morgan fingerprint density at radius 1 is 1.00 bits per heavy atom. The van der Waals surface area contributed by atoms with Crippen LogP contribution < -0.4 is 0 Å². The first kappa shape index (κ1) is 10.4. The summed E-state index contributed by atoms with van der Waals surface area (Å²) in [6.45, 7) is 7.16. The highest BCUT2D eigenvalue weighted by Gasteiger charge is 2.28. The Hall–Kier alpha value is 0.350. The summed E-state index contributed by atoms with van der Waals surface area (Å²) in [5.41, 5.74) is 0.545. The first-order valence-electron chi connectivity index (χ1n) is 5.07.